The fraction of sp³-hybridized carbons (Fsp3) is 0.409. The van der Waals surface area contributed by atoms with Gasteiger partial charge in [0.05, 0.1) is 17.4 Å². The van der Waals surface area contributed by atoms with Crippen molar-refractivity contribution >= 4 is 17.4 Å². The van der Waals surface area contributed by atoms with E-state index in [0.29, 0.717) is 13.1 Å². The zero-order valence-corrected chi connectivity index (χ0v) is 17.4. The summed E-state index contributed by atoms with van der Waals surface area (Å²) in [6, 6.07) is 12.1. The predicted molar refractivity (Wildman–Crippen MR) is 113 cm³/mol. The Bertz CT molecular complexity index is 1020. The molecule has 152 valence electrons. The number of rotatable bonds is 2. The van der Waals surface area contributed by atoms with E-state index in [1.165, 1.54) is 0 Å². The first-order valence-electron chi connectivity index (χ1n) is 9.96. The van der Waals surface area contributed by atoms with Gasteiger partial charge in [0.1, 0.15) is 11.4 Å². The summed E-state index contributed by atoms with van der Waals surface area (Å²) < 4.78 is 7.39. The SMILES string of the molecule is CC1CN(c2cccc(-c3cnn4ccccc34)n2)CCN1C(=O)OC(C)(C)C. The molecule has 0 bridgehead atoms. The molecule has 1 amide bonds. The number of carbonyl (C=O) groups is 1. The molecular formula is C22H27N5O2. The Morgan fingerprint density at radius 3 is 2.72 bits per heavy atom. The van der Waals surface area contributed by atoms with Crippen LogP contribution in [0.3, 0.4) is 0 Å². The van der Waals surface area contributed by atoms with Crippen LogP contribution in [0.15, 0.2) is 48.8 Å². The summed E-state index contributed by atoms with van der Waals surface area (Å²) in [5, 5.41) is 4.41. The number of pyridine rings is 2. The molecule has 1 fully saturated rings. The van der Waals surface area contributed by atoms with E-state index in [1.54, 1.807) is 4.90 Å². The van der Waals surface area contributed by atoms with Crippen LogP contribution < -0.4 is 4.90 Å². The van der Waals surface area contributed by atoms with Gasteiger partial charge in [-0.15, -0.1) is 0 Å². The number of amides is 1. The number of carbonyl (C=O) groups excluding carboxylic acids is 1. The number of piperazine rings is 1. The van der Waals surface area contributed by atoms with Crippen LogP contribution in [0.25, 0.3) is 16.8 Å². The first-order valence-corrected chi connectivity index (χ1v) is 9.96. The largest absolute Gasteiger partial charge is 0.444 e. The maximum atomic E-state index is 12.5. The van der Waals surface area contributed by atoms with Gasteiger partial charge in [-0.1, -0.05) is 12.1 Å². The Kier molecular flexibility index (Phi) is 4.90. The van der Waals surface area contributed by atoms with Crippen molar-refractivity contribution in [3.63, 3.8) is 0 Å². The van der Waals surface area contributed by atoms with Gasteiger partial charge >= 0.3 is 6.09 Å². The summed E-state index contributed by atoms with van der Waals surface area (Å²) in [6.45, 7) is 9.76. The topological polar surface area (TPSA) is 63.0 Å². The van der Waals surface area contributed by atoms with Crippen molar-refractivity contribution in [1.82, 2.24) is 19.5 Å². The lowest BCUT2D eigenvalue weighted by Crippen LogP contribution is -2.55. The van der Waals surface area contributed by atoms with Crippen molar-refractivity contribution < 1.29 is 9.53 Å². The van der Waals surface area contributed by atoms with Crippen LogP contribution in [0.5, 0.6) is 0 Å². The van der Waals surface area contributed by atoms with Gasteiger partial charge < -0.3 is 14.5 Å². The molecule has 7 heteroatoms. The van der Waals surface area contributed by atoms with Crippen LogP contribution in [-0.4, -0.2) is 56.9 Å². The molecule has 0 aromatic carbocycles. The molecule has 3 aromatic heterocycles. The Labute approximate surface area is 170 Å². The fourth-order valence-corrected chi connectivity index (χ4v) is 3.64. The molecule has 1 unspecified atom stereocenters. The first-order chi connectivity index (χ1) is 13.8. The molecule has 4 heterocycles. The highest BCUT2D eigenvalue weighted by molar-refractivity contribution is 5.78. The third kappa shape index (κ3) is 4.04. The van der Waals surface area contributed by atoms with Crippen LogP contribution in [-0.2, 0) is 4.74 Å². The molecule has 0 spiro atoms. The average molecular weight is 393 g/mol. The van der Waals surface area contributed by atoms with Crippen LogP contribution in [0.4, 0.5) is 10.6 Å². The minimum atomic E-state index is -0.488. The van der Waals surface area contributed by atoms with Crippen molar-refractivity contribution in [3.8, 4) is 11.3 Å². The number of fused-ring (bicyclic) bond motifs is 1. The van der Waals surface area contributed by atoms with E-state index >= 15 is 0 Å². The molecule has 29 heavy (non-hydrogen) atoms. The number of ether oxygens (including phenoxy) is 1. The molecule has 4 rings (SSSR count). The summed E-state index contributed by atoms with van der Waals surface area (Å²) in [6.07, 6.45) is 3.53. The second kappa shape index (κ2) is 7.39. The summed E-state index contributed by atoms with van der Waals surface area (Å²) >= 11 is 0. The van der Waals surface area contributed by atoms with E-state index in [1.807, 2.05) is 81.0 Å². The molecule has 0 saturated carbocycles. The Morgan fingerprint density at radius 1 is 1.14 bits per heavy atom. The zero-order chi connectivity index (χ0) is 20.6. The number of hydrogen-bond donors (Lipinski definition) is 0. The second-order valence-corrected chi connectivity index (χ2v) is 8.44. The van der Waals surface area contributed by atoms with Crippen molar-refractivity contribution in [2.75, 3.05) is 24.5 Å². The molecular weight excluding hydrogens is 366 g/mol. The Hall–Kier alpha value is -3.09. The fourth-order valence-electron chi connectivity index (χ4n) is 3.64. The normalized spacial score (nSPS) is 17.6. The van der Waals surface area contributed by atoms with E-state index in [0.717, 1.165) is 29.1 Å². The van der Waals surface area contributed by atoms with E-state index in [-0.39, 0.29) is 12.1 Å². The monoisotopic (exact) mass is 393 g/mol. The van der Waals surface area contributed by atoms with Crippen molar-refractivity contribution in [2.24, 2.45) is 0 Å². The Morgan fingerprint density at radius 2 is 1.97 bits per heavy atom. The summed E-state index contributed by atoms with van der Waals surface area (Å²) in [5.74, 6) is 0.911. The molecule has 1 aliphatic heterocycles. The van der Waals surface area contributed by atoms with Crippen LogP contribution in [0.1, 0.15) is 27.7 Å². The zero-order valence-electron chi connectivity index (χ0n) is 17.4. The molecule has 1 aliphatic rings. The van der Waals surface area contributed by atoms with Gasteiger partial charge in [0, 0.05) is 37.4 Å². The average Bonchev–Trinajstić information content (AvgIpc) is 3.11. The maximum absolute atomic E-state index is 12.5. The van der Waals surface area contributed by atoms with Crippen LogP contribution in [0.2, 0.25) is 0 Å². The van der Waals surface area contributed by atoms with Crippen molar-refractivity contribution in [2.45, 2.75) is 39.3 Å². The van der Waals surface area contributed by atoms with E-state index in [2.05, 4.69) is 10.00 Å². The molecule has 3 aromatic rings. The molecule has 7 nitrogen and oxygen atoms in total. The van der Waals surface area contributed by atoms with E-state index < -0.39 is 5.60 Å². The number of nitrogens with zero attached hydrogens (tertiary/aromatic N) is 5. The van der Waals surface area contributed by atoms with Gasteiger partial charge in [0.2, 0.25) is 0 Å². The van der Waals surface area contributed by atoms with E-state index in [4.69, 9.17) is 9.72 Å². The third-order valence-corrected chi connectivity index (χ3v) is 5.02. The molecule has 0 aliphatic carbocycles. The maximum Gasteiger partial charge on any atom is 0.410 e. The molecule has 0 radical (unpaired) electrons. The van der Waals surface area contributed by atoms with Gasteiger partial charge in [0.15, 0.2) is 0 Å². The number of aromatic nitrogens is 3. The van der Waals surface area contributed by atoms with Crippen molar-refractivity contribution in [1.29, 1.82) is 0 Å². The highest BCUT2D eigenvalue weighted by Gasteiger charge is 2.31. The summed E-state index contributed by atoms with van der Waals surface area (Å²) in [7, 11) is 0. The third-order valence-electron chi connectivity index (χ3n) is 5.02. The summed E-state index contributed by atoms with van der Waals surface area (Å²) in [4.78, 5) is 21.4. The minimum Gasteiger partial charge on any atom is -0.444 e. The van der Waals surface area contributed by atoms with E-state index in [9.17, 15) is 4.79 Å². The second-order valence-electron chi connectivity index (χ2n) is 8.44. The highest BCUT2D eigenvalue weighted by atomic mass is 16.6. The number of hydrogen-bond acceptors (Lipinski definition) is 5. The van der Waals surface area contributed by atoms with Crippen LogP contribution >= 0.6 is 0 Å². The molecule has 1 atom stereocenters. The number of anilines is 1. The standard InChI is InChI=1S/C22H27N5O2/c1-16-15-25(12-13-26(16)21(28)29-22(2,3)4)20-10-7-8-18(24-20)17-14-23-27-11-6-5-9-19(17)27/h5-11,14,16H,12-13,15H2,1-4H3. The first kappa shape index (κ1) is 19.2. The lowest BCUT2D eigenvalue weighted by atomic mass is 10.1. The lowest BCUT2D eigenvalue weighted by molar-refractivity contribution is 0.0158. The minimum absolute atomic E-state index is 0.0426. The highest BCUT2D eigenvalue weighted by Crippen LogP contribution is 2.26. The van der Waals surface area contributed by atoms with Crippen LogP contribution in [0, 0.1) is 0 Å². The van der Waals surface area contributed by atoms with Gasteiger partial charge in [0.25, 0.3) is 0 Å². The van der Waals surface area contributed by atoms with Gasteiger partial charge in [-0.05, 0) is 52.0 Å². The van der Waals surface area contributed by atoms with Gasteiger partial charge in [-0.3, -0.25) is 0 Å². The quantitative estimate of drug-likeness (QED) is 0.662. The summed E-state index contributed by atoms with van der Waals surface area (Å²) in [5.41, 5.74) is 2.44. The Balaban J connectivity index is 1.52. The van der Waals surface area contributed by atoms with Crippen molar-refractivity contribution in [3.05, 3.63) is 48.8 Å². The molecule has 1 saturated heterocycles. The van der Waals surface area contributed by atoms with Gasteiger partial charge in [-0.2, -0.15) is 5.10 Å². The van der Waals surface area contributed by atoms with Gasteiger partial charge in [-0.25, -0.2) is 14.3 Å². The predicted octanol–water partition coefficient (Wildman–Crippen LogP) is 3.84. The smallest absolute Gasteiger partial charge is 0.410 e. The lowest BCUT2D eigenvalue weighted by Gasteiger charge is -2.40. The molecule has 0 N–H and O–H groups in total.